The molecule has 11 heteroatoms. The molecule has 0 aliphatic heterocycles. The van der Waals surface area contributed by atoms with E-state index in [1.165, 1.54) is 0 Å². The van der Waals surface area contributed by atoms with Crippen LogP contribution in [-0.2, 0) is 4.79 Å². The standard InChI is InChI=1S/C6ClF9O/c7-3(17)1(8)2(9)4(10,5(11,12)13)6(14,15)16/b2-1+. The lowest BCUT2D eigenvalue weighted by molar-refractivity contribution is -0.331. The molecule has 1 nitrogen and oxygen atoms in total. The normalized spacial score (nSPS) is 15.6. The molecule has 17 heavy (non-hydrogen) atoms. The Balaban J connectivity index is 6.04. The van der Waals surface area contributed by atoms with Crippen LogP contribution >= 0.6 is 11.6 Å². The number of hydrogen-bond acceptors (Lipinski definition) is 1. The molecular weight excluding hydrogens is 294 g/mol. The molecule has 100 valence electrons. The van der Waals surface area contributed by atoms with Crippen molar-refractivity contribution >= 4 is 16.8 Å². The number of hydrogen-bond donors (Lipinski definition) is 0. The second-order valence-electron chi connectivity index (χ2n) is 2.56. The van der Waals surface area contributed by atoms with Crippen molar-refractivity contribution in [3.8, 4) is 0 Å². The number of halogens is 10. The highest BCUT2D eigenvalue weighted by Gasteiger charge is 2.76. The van der Waals surface area contributed by atoms with Gasteiger partial charge in [0.05, 0.1) is 0 Å². The summed E-state index contributed by atoms with van der Waals surface area (Å²) in [5, 5.41) is -2.63. The maximum absolute atomic E-state index is 12.7. The minimum atomic E-state index is -6.85. The Kier molecular flexibility index (Phi) is 4.15. The van der Waals surface area contributed by atoms with Gasteiger partial charge in [0, 0.05) is 0 Å². The molecule has 0 atom stereocenters. The summed E-state index contributed by atoms with van der Waals surface area (Å²) in [4.78, 5) is 9.88. The van der Waals surface area contributed by atoms with Crippen molar-refractivity contribution in [3.63, 3.8) is 0 Å². The van der Waals surface area contributed by atoms with Crippen molar-refractivity contribution < 1.29 is 44.3 Å². The predicted octanol–water partition coefficient (Wildman–Crippen LogP) is 3.74. The zero-order chi connectivity index (χ0) is 14.2. The molecule has 0 saturated carbocycles. The van der Waals surface area contributed by atoms with E-state index in [9.17, 15) is 44.3 Å². The van der Waals surface area contributed by atoms with E-state index >= 15 is 0 Å². The lowest BCUT2D eigenvalue weighted by atomic mass is 10.0. The highest BCUT2D eigenvalue weighted by atomic mass is 35.5. The number of allylic oxidation sites excluding steroid dienone is 2. The molecule has 0 radical (unpaired) electrons. The first-order valence-corrected chi connectivity index (χ1v) is 3.72. The Morgan fingerprint density at radius 1 is 0.824 bits per heavy atom. The molecule has 0 rings (SSSR count). The van der Waals surface area contributed by atoms with Crippen LogP contribution in [0.2, 0.25) is 0 Å². The van der Waals surface area contributed by atoms with Gasteiger partial charge < -0.3 is 0 Å². The van der Waals surface area contributed by atoms with Gasteiger partial charge >= 0.3 is 18.0 Å². The summed E-state index contributed by atoms with van der Waals surface area (Å²) in [6.45, 7) is 0. The predicted molar refractivity (Wildman–Crippen MR) is 36.1 cm³/mol. The Bertz CT molecular complexity index is 337. The van der Waals surface area contributed by atoms with E-state index in [0.29, 0.717) is 0 Å². The van der Waals surface area contributed by atoms with E-state index in [1.807, 2.05) is 0 Å². The fraction of sp³-hybridized carbons (Fsp3) is 0.500. The number of carbonyl (C=O) groups is 1. The van der Waals surface area contributed by atoms with Crippen molar-refractivity contribution in [1.29, 1.82) is 0 Å². The summed E-state index contributed by atoms with van der Waals surface area (Å²) in [6, 6.07) is 0. The van der Waals surface area contributed by atoms with E-state index in [0.717, 1.165) is 0 Å². The maximum Gasteiger partial charge on any atom is 0.438 e. The van der Waals surface area contributed by atoms with Crippen molar-refractivity contribution in [3.05, 3.63) is 11.7 Å². The van der Waals surface area contributed by atoms with Crippen LogP contribution < -0.4 is 0 Å². The first kappa shape index (κ1) is 16.1. The summed E-state index contributed by atoms with van der Waals surface area (Å²) in [7, 11) is 0. The van der Waals surface area contributed by atoms with Crippen LogP contribution in [0.5, 0.6) is 0 Å². The zero-order valence-electron chi connectivity index (χ0n) is 7.19. The molecule has 0 fully saturated rings. The largest absolute Gasteiger partial charge is 0.438 e. The third-order valence-corrected chi connectivity index (χ3v) is 1.61. The second kappa shape index (κ2) is 4.39. The summed E-state index contributed by atoms with van der Waals surface area (Å²) in [6.07, 6.45) is -13.7. The lowest BCUT2D eigenvalue weighted by Gasteiger charge is -2.28. The minimum absolute atomic E-state index is 2.63. The fourth-order valence-corrected chi connectivity index (χ4v) is 0.730. The number of alkyl halides is 7. The minimum Gasteiger partial charge on any atom is -0.273 e. The highest BCUT2D eigenvalue weighted by molar-refractivity contribution is 6.67. The number of carbonyl (C=O) groups excluding carboxylic acids is 1. The molecule has 0 aromatic heterocycles. The van der Waals surface area contributed by atoms with Crippen LogP contribution in [0.4, 0.5) is 39.5 Å². The van der Waals surface area contributed by atoms with E-state index in [1.54, 1.807) is 0 Å². The average molecular weight is 294 g/mol. The van der Waals surface area contributed by atoms with Crippen LogP contribution in [-0.4, -0.2) is 23.3 Å². The van der Waals surface area contributed by atoms with Gasteiger partial charge in [-0.3, -0.25) is 4.79 Å². The molecular formula is C6ClF9O. The molecule has 0 bridgehead atoms. The average Bonchev–Trinajstić information content (AvgIpc) is 2.10. The van der Waals surface area contributed by atoms with Gasteiger partial charge in [0.1, 0.15) is 0 Å². The van der Waals surface area contributed by atoms with Crippen LogP contribution in [0.15, 0.2) is 11.7 Å². The maximum atomic E-state index is 12.7. The van der Waals surface area contributed by atoms with Crippen molar-refractivity contribution in [1.82, 2.24) is 0 Å². The third kappa shape index (κ3) is 2.67. The summed E-state index contributed by atoms with van der Waals surface area (Å²) in [5.74, 6) is -7.29. The fourth-order valence-electron chi connectivity index (χ4n) is 0.647. The monoisotopic (exact) mass is 294 g/mol. The Morgan fingerprint density at radius 3 is 1.29 bits per heavy atom. The molecule has 0 amide bonds. The topological polar surface area (TPSA) is 17.1 Å². The molecule has 0 aromatic carbocycles. The van der Waals surface area contributed by atoms with Gasteiger partial charge in [0.15, 0.2) is 5.83 Å². The Labute approximate surface area is 91.8 Å². The molecule has 0 heterocycles. The van der Waals surface area contributed by atoms with Crippen LogP contribution in [0.1, 0.15) is 0 Å². The van der Waals surface area contributed by atoms with Gasteiger partial charge in [-0.15, -0.1) is 0 Å². The van der Waals surface area contributed by atoms with E-state index in [-0.39, 0.29) is 0 Å². The quantitative estimate of drug-likeness (QED) is 0.431. The van der Waals surface area contributed by atoms with E-state index in [2.05, 4.69) is 11.6 Å². The molecule has 0 aliphatic carbocycles. The Hall–Kier alpha value is -0.930. The van der Waals surface area contributed by atoms with Crippen molar-refractivity contribution in [2.45, 2.75) is 18.0 Å². The Morgan fingerprint density at radius 2 is 1.12 bits per heavy atom. The smallest absolute Gasteiger partial charge is 0.273 e. The summed E-state index contributed by atoms with van der Waals surface area (Å²) in [5.41, 5.74) is -6.63. The third-order valence-electron chi connectivity index (χ3n) is 1.45. The van der Waals surface area contributed by atoms with Crippen molar-refractivity contribution in [2.24, 2.45) is 0 Å². The SMILES string of the molecule is O=C(Cl)/C(F)=C(\F)C(F)(C(F)(F)F)C(F)(F)F. The van der Waals surface area contributed by atoms with Gasteiger partial charge in [0.25, 0.3) is 5.24 Å². The van der Waals surface area contributed by atoms with Crippen molar-refractivity contribution in [2.75, 3.05) is 0 Å². The summed E-state index contributed by atoms with van der Waals surface area (Å²) >= 11 is 4.12. The van der Waals surface area contributed by atoms with E-state index < -0.39 is 34.9 Å². The molecule has 0 aromatic rings. The molecule has 0 N–H and O–H groups in total. The molecule has 0 saturated heterocycles. The summed E-state index contributed by atoms with van der Waals surface area (Å²) < 4.78 is 108. The lowest BCUT2D eigenvalue weighted by Crippen LogP contribution is -2.54. The highest BCUT2D eigenvalue weighted by Crippen LogP contribution is 2.52. The second-order valence-corrected chi connectivity index (χ2v) is 2.90. The van der Waals surface area contributed by atoms with Crippen LogP contribution in [0, 0.1) is 0 Å². The van der Waals surface area contributed by atoms with Gasteiger partial charge in [-0.1, -0.05) is 0 Å². The van der Waals surface area contributed by atoms with Crippen LogP contribution in [0.25, 0.3) is 0 Å². The molecule has 0 unspecified atom stereocenters. The van der Waals surface area contributed by atoms with Gasteiger partial charge in [0.2, 0.25) is 5.83 Å². The van der Waals surface area contributed by atoms with E-state index in [4.69, 9.17) is 0 Å². The molecule has 0 spiro atoms. The van der Waals surface area contributed by atoms with Gasteiger partial charge in [-0.25, -0.2) is 8.78 Å². The van der Waals surface area contributed by atoms with Gasteiger partial charge in [-0.05, 0) is 11.6 Å². The number of rotatable bonds is 2. The van der Waals surface area contributed by atoms with Gasteiger partial charge in [-0.2, -0.15) is 30.7 Å². The first-order valence-electron chi connectivity index (χ1n) is 3.34. The van der Waals surface area contributed by atoms with Crippen LogP contribution in [0.3, 0.4) is 0 Å². The first-order chi connectivity index (χ1) is 7.26. The molecule has 0 aliphatic rings. The zero-order valence-corrected chi connectivity index (χ0v) is 7.94.